The van der Waals surface area contributed by atoms with Crippen LogP contribution in [0.15, 0.2) is 24.3 Å². The zero-order chi connectivity index (χ0) is 16.8. The molecule has 0 unspecified atom stereocenters. The first kappa shape index (κ1) is 17.9. The van der Waals surface area contributed by atoms with Gasteiger partial charge in [-0.05, 0) is 24.5 Å². The number of carboxylic acids is 2. The number of hydrogen-bond acceptors (Lipinski definition) is 5. The monoisotopic (exact) mass is 330 g/mol. The molecule has 0 fully saturated rings. The Bertz CT molecular complexity index is 632. The maximum atomic E-state index is 12.0. The second kappa shape index (κ2) is 7.76. The fourth-order valence-electron chi connectivity index (χ4n) is 2.05. The van der Waals surface area contributed by atoms with Gasteiger partial charge in [0.2, 0.25) is 10.0 Å². The molecule has 0 radical (unpaired) electrons. The average Bonchev–Trinajstić information content (AvgIpc) is 2.47. The predicted octanol–water partition coefficient (Wildman–Crippen LogP) is -0.117. The number of aryl methyl sites for hydroxylation is 1. The fraction of sp³-hybridized carbons (Fsp3) is 0.385. The highest BCUT2D eigenvalue weighted by Crippen LogP contribution is 2.28. The van der Waals surface area contributed by atoms with Gasteiger partial charge in [-0.25, -0.2) is 18.0 Å². The Morgan fingerprint density at radius 1 is 1.18 bits per heavy atom. The normalized spacial score (nSPS) is 13.6. The molecule has 9 heteroatoms. The Morgan fingerprint density at radius 2 is 1.77 bits per heavy atom. The van der Waals surface area contributed by atoms with Gasteiger partial charge < -0.3 is 15.9 Å². The highest BCUT2D eigenvalue weighted by molar-refractivity contribution is 7.92. The maximum Gasteiger partial charge on any atom is 0.414 e. The van der Waals surface area contributed by atoms with Crippen molar-refractivity contribution >= 4 is 27.6 Å². The number of fused-ring (bicyclic) bond motifs is 1. The third-order valence-electron chi connectivity index (χ3n) is 2.96. The van der Waals surface area contributed by atoms with Crippen LogP contribution in [-0.2, 0) is 26.0 Å². The molecule has 1 aromatic carbocycles. The highest BCUT2D eigenvalue weighted by Gasteiger charge is 2.26. The van der Waals surface area contributed by atoms with Crippen LogP contribution in [-0.4, -0.2) is 49.4 Å². The first-order valence-electron chi connectivity index (χ1n) is 6.54. The van der Waals surface area contributed by atoms with Gasteiger partial charge in [0.15, 0.2) is 0 Å². The average molecular weight is 330 g/mol. The summed E-state index contributed by atoms with van der Waals surface area (Å²) in [6.07, 6.45) is 1.83. The summed E-state index contributed by atoms with van der Waals surface area (Å²) in [5, 5.41) is 14.8. The lowest BCUT2D eigenvalue weighted by Gasteiger charge is -2.30. The van der Waals surface area contributed by atoms with E-state index >= 15 is 0 Å². The Labute approximate surface area is 128 Å². The number of rotatable bonds is 3. The summed E-state index contributed by atoms with van der Waals surface area (Å²) in [4.78, 5) is 18.2. The molecule has 0 saturated carbocycles. The van der Waals surface area contributed by atoms with Crippen LogP contribution in [0.25, 0.3) is 0 Å². The molecule has 1 aliphatic heterocycles. The number of carbonyl (C=O) groups is 2. The van der Waals surface area contributed by atoms with Crippen LogP contribution in [0.2, 0.25) is 0 Å². The van der Waals surface area contributed by atoms with E-state index in [1.165, 1.54) is 4.31 Å². The summed E-state index contributed by atoms with van der Waals surface area (Å²) >= 11 is 0. The molecule has 1 aromatic rings. The number of anilines is 1. The molecule has 0 atom stereocenters. The summed E-state index contributed by atoms with van der Waals surface area (Å²) in [5.74, 6) is -3.63. The SMILES string of the molecule is NCCS(=O)(=O)N1CCCc2ccccc21.O=C(O)C(=O)O. The van der Waals surface area contributed by atoms with E-state index in [1.54, 1.807) is 0 Å². The van der Waals surface area contributed by atoms with Gasteiger partial charge in [0.25, 0.3) is 0 Å². The van der Waals surface area contributed by atoms with Gasteiger partial charge >= 0.3 is 11.9 Å². The summed E-state index contributed by atoms with van der Waals surface area (Å²) in [7, 11) is -3.24. The third kappa shape index (κ3) is 4.71. The number of sulfonamides is 1. The van der Waals surface area contributed by atoms with Gasteiger partial charge in [-0.1, -0.05) is 18.2 Å². The van der Waals surface area contributed by atoms with Crippen molar-refractivity contribution in [1.29, 1.82) is 0 Å². The standard InChI is InChI=1S/C11H16N2O2S.C2H2O4/c12-7-9-16(14,15)13-8-3-5-10-4-1-2-6-11(10)13;3-1(4)2(5)6/h1-2,4,6H,3,5,7-9,12H2;(H,3,4)(H,5,6). The van der Waals surface area contributed by atoms with E-state index in [1.807, 2.05) is 24.3 Å². The van der Waals surface area contributed by atoms with Crippen molar-refractivity contribution in [2.24, 2.45) is 5.73 Å². The van der Waals surface area contributed by atoms with Crippen LogP contribution in [0.4, 0.5) is 5.69 Å². The van der Waals surface area contributed by atoms with Gasteiger partial charge in [0.05, 0.1) is 11.4 Å². The van der Waals surface area contributed by atoms with Crippen molar-refractivity contribution in [2.75, 3.05) is 23.1 Å². The molecular weight excluding hydrogens is 312 g/mol. The topological polar surface area (TPSA) is 138 Å². The first-order chi connectivity index (χ1) is 10.3. The number of para-hydroxylation sites is 1. The van der Waals surface area contributed by atoms with E-state index in [4.69, 9.17) is 25.5 Å². The molecule has 1 aliphatic rings. The summed E-state index contributed by atoms with van der Waals surface area (Å²) in [6.45, 7) is 0.736. The lowest BCUT2D eigenvalue weighted by Crippen LogP contribution is -2.38. The second-order valence-electron chi connectivity index (χ2n) is 4.52. The van der Waals surface area contributed by atoms with Gasteiger partial charge in [0, 0.05) is 13.1 Å². The molecule has 0 aliphatic carbocycles. The molecule has 122 valence electrons. The molecule has 1 heterocycles. The lowest BCUT2D eigenvalue weighted by atomic mass is 10.0. The number of hydrogen-bond donors (Lipinski definition) is 3. The van der Waals surface area contributed by atoms with Crippen molar-refractivity contribution in [1.82, 2.24) is 0 Å². The van der Waals surface area contributed by atoms with E-state index in [0.717, 1.165) is 24.1 Å². The molecule has 4 N–H and O–H groups in total. The summed E-state index contributed by atoms with van der Waals surface area (Å²) in [5.41, 5.74) is 7.26. The molecule has 0 aromatic heterocycles. The fourth-order valence-corrected chi connectivity index (χ4v) is 3.45. The molecule has 22 heavy (non-hydrogen) atoms. The minimum atomic E-state index is -3.24. The number of nitrogens with zero attached hydrogens (tertiary/aromatic N) is 1. The Hall–Kier alpha value is -2.13. The molecule has 0 amide bonds. The van der Waals surface area contributed by atoms with Crippen LogP contribution >= 0.6 is 0 Å². The van der Waals surface area contributed by atoms with Crippen molar-refractivity contribution in [3.63, 3.8) is 0 Å². The molecule has 2 rings (SSSR count). The van der Waals surface area contributed by atoms with Crippen molar-refractivity contribution in [3.05, 3.63) is 29.8 Å². The Morgan fingerprint density at radius 3 is 2.32 bits per heavy atom. The molecule has 8 nitrogen and oxygen atoms in total. The van der Waals surface area contributed by atoms with Crippen LogP contribution in [0, 0.1) is 0 Å². The molecule has 0 saturated heterocycles. The van der Waals surface area contributed by atoms with E-state index in [9.17, 15) is 8.42 Å². The van der Waals surface area contributed by atoms with Crippen molar-refractivity contribution < 1.29 is 28.2 Å². The lowest BCUT2D eigenvalue weighted by molar-refractivity contribution is -0.159. The molecule has 0 bridgehead atoms. The zero-order valence-electron chi connectivity index (χ0n) is 11.8. The van der Waals surface area contributed by atoms with Gasteiger partial charge in [0.1, 0.15) is 0 Å². The van der Waals surface area contributed by atoms with Gasteiger partial charge in [-0.2, -0.15) is 0 Å². The number of carboxylic acid groups (broad SMARTS) is 2. The number of aliphatic carboxylic acids is 2. The zero-order valence-corrected chi connectivity index (χ0v) is 12.6. The van der Waals surface area contributed by atoms with Crippen molar-refractivity contribution in [3.8, 4) is 0 Å². The van der Waals surface area contributed by atoms with E-state index in [0.29, 0.717) is 6.54 Å². The van der Waals surface area contributed by atoms with E-state index in [-0.39, 0.29) is 12.3 Å². The second-order valence-corrected chi connectivity index (χ2v) is 6.53. The van der Waals surface area contributed by atoms with Gasteiger partial charge in [-0.15, -0.1) is 0 Å². The van der Waals surface area contributed by atoms with E-state index in [2.05, 4.69) is 0 Å². The first-order valence-corrected chi connectivity index (χ1v) is 8.15. The van der Waals surface area contributed by atoms with Crippen LogP contribution in [0.5, 0.6) is 0 Å². The molecule has 0 spiro atoms. The van der Waals surface area contributed by atoms with Crippen LogP contribution < -0.4 is 10.0 Å². The predicted molar refractivity (Wildman–Crippen MR) is 80.2 cm³/mol. The minimum absolute atomic E-state index is 0.0152. The summed E-state index contributed by atoms with van der Waals surface area (Å²) < 4.78 is 25.5. The smallest absolute Gasteiger partial charge is 0.414 e. The van der Waals surface area contributed by atoms with Crippen molar-refractivity contribution in [2.45, 2.75) is 12.8 Å². The Balaban J connectivity index is 0.000000346. The quantitative estimate of drug-likeness (QED) is 0.657. The largest absolute Gasteiger partial charge is 0.473 e. The van der Waals surface area contributed by atoms with Gasteiger partial charge in [-0.3, -0.25) is 4.31 Å². The van der Waals surface area contributed by atoms with Crippen LogP contribution in [0.3, 0.4) is 0 Å². The number of benzene rings is 1. The Kier molecular flexibility index (Phi) is 6.32. The van der Waals surface area contributed by atoms with E-state index < -0.39 is 22.0 Å². The maximum absolute atomic E-state index is 12.0. The third-order valence-corrected chi connectivity index (χ3v) is 4.76. The molecular formula is C13H18N2O6S. The van der Waals surface area contributed by atoms with Crippen LogP contribution in [0.1, 0.15) is 12.0 Å². The minimum Gasteiger partial charge on any atom is -0.473 e. The number of nitrogens with two attached hydrogens (primary N) is 1. The summed E-state index contributed by atoms with van der Waals surface area (Å²) in [6, 6.07) is 7.66. The highest BCUT2D eigenvalue weighted by atomic mass is 32.2.